The number of aromatic nitrogens is 1. The van der Waals surface area contributed by atoms with Crippen LogP contribution in [0, 0.1) is 0 Å². The Morgan fingerprint density at radius 2 is 1.91 bits per heavy atom. The van der Waals surface area contributed by atoms with Crippen molar-refractivity contribution < 1.29 is 18.7 Å². The molecule has 0 fully saturated rings. The van der Waals surface area contributed by atoms with E-state index < -0.39 is 0 Å². The molecule has 1 amide bonds. The lowest BCUT2D eigenvalue weighted by atomic mass is 10.2. The molecule has 168 valence electrons. The van der Waals surface area contributed by atoms with Crippen LogP contribution in [0.3, 0.4) is 0 Å². The predicted octanol–water partition coefficient (Wildman–Crippen LogP) is 5.42. The van der Waals surface area contributed by atoms with Crippen LogP contribution in [0.25, 0.3) is 22.6 Å². The van der Waals surface area contributed by atoms with Crippen LogP contribution in [-0.2, 0) is 0 Å². The highest BCUT2D eigenvalue weighted by molar-refractivity contribution is 7.80. The van der Waals surface area contributed by atoms with E-state index in [1.54, 1.807) is 25.3 Å². The van der Waals surface area contributed by atoms with Gasteiger partial charge in [0.15, 0.2) is 10.7 Å². The first-order valence-corrected chi connectivity index (χ1v) is 10.9. The predicted molar refractivity (Wildman–Crippen MR) is 132 cm³/mol. The monoisotopic (exact) mass is 461 g/mol. The second-order valence-corrected chi connectivity index (χ2v) is 7.63. The van der Waals surface area contributed by atoms with E-state index in [0.29, 0.717) is 46.3 Å². The van der Waals surface area contributed by atoms with E-state index >= 15 is 0 Å². The van der Waals surface area contributed by atoms with Gasteiger partial charge in [-0.2, -0.15) is 0 Å². The maximum Gasteiger partial charge on any atom is 0.257 e. The van der Waals surface area contributed by atoms with Crippen LogP contribution >= 0.6 is 12.2 Å². The lowest BCUT2D eigenvalue weighted by molar-refractivity contribution is 0.0977. The molecule has 1 aromatic heterocycles. The number of hydrogen-bond acceptors (Lipinski definition) is 6. The number of carbonyl (C=O) groups excluding carboxylic acids is 1. The minimum Gasteiger partial charge on any atom is -0.497 e. The molecular formula is C25H23N3O4S. The van der Waals surface area contributed by atoms with Crippen LogP contribution in [0.1, 0.15) is 23.7 Å². The highest BCUT2D eigenvalue weighted by atomic mass is 32.1. The Morgan fingerprint density at radius 3 is 2.73 bits per heavy atom. The standard InChI is InChI=1S/C25H23N3O4S/c1-3-12-31-20-9-5-6-16(14-20)23(29)28-25(33)26-18-8-4-7-17(13-18)24-27-21-15-19(30-2)10-11-22(21)32-24/h4-11,13-15H,3,12H2,1-2H3,(H2,26,28,29,33). The van der Waals surface area contributed by atoms with E-state index in [-0.39, 0.29) is 11.0 Å². The van der Waals surface area contributed by atoms with Gasteiger partial charge < -0.3 is 19.2 Å². The fourth-order valence-electron chi connectivity index (χ4n) is 3.17. The number of methoxy groups -OCH3 is 1. The number of fused-ring (bicyclic) bond motifs is 1. The lowest BCUT2D eigenvalue weighted by Crippen LogP contribution is -2.34. The quantitative estimate of drug-likeness (QED) is 0.356. The largest absolute Gasteiger partial charge is 0.497 e. The number of nitrogens with zero attached hydrogens (tertiary/aromatic N) is 1. The molecule has 3 aromatic carbocycles. The smallest absolute Gasteiger partial charge is 0.257 e. The van der Waals surface area contributed by atoms with Gasteiger partial charge in [0.2, 0.25) is 5.89 Å². The summed E-state index contributed by atoms with van der Waals surface area (Å²) in [4.78, 5) is 17.1. The zero-order chi connectivity index (χ0) is 23.2. The van der Waals surface area contributed by atoms with Crippen molar-refractivity contribution in [2.75, 3.05) is 19.0 Å². The molecule has 33 heavy (non-hydrogen) atoms. The molecule has 0 spiro atoms. The van der Waals surface area contributed by atoms with Gasteiger partial charge in [0.25, 0.3) is 5.91 Å². The number of anilines is 1. The summed E-state index contributed by atoms with van der Waals surface area (Å²) >= 11 is 5.33. The Labute approximate surface area is 196 Å². The molecule has 0 aliphatic carbocycles. The molecule has 7 nitrogen and oxygen atoms in total. The molecule has 2 N–H and O–H groups in total. The van der Waals surface area contributed by atoms with Crippen LogP contribution in [0.2, 0.25) is 0 Å². The summed E-state index contributed by atoms with van der Waals surface area (Å²) in [6, 6.07) is 19.9. The van der Waals surface area contributed by atoms with Crippen molar-refractivity contribution in [3.8, 4) is 23.0 Å². The second kappa shape index (κ2) is 10.1. The summed E-state index contributed by atoms with van der Waals surface area (Å²) in [5.41, 5.74) is 3.29. The van der Waals surface area contributed by atoms with Crippen molar-refractivity contribution >= 4 is 40.0 Å². The summed E-state index contributed by atoms with van der Waals surface area (Å²) in [6.45, 7) is 2.62. The first-order valence-electron chi connectivity index (χ1n) is 10.5. The van der Waals surface area contributed by atoms with E-state index in [1.807, 2.05) is 55.5 Å². The SMILES string of the molecule is CCCOc1cccc(C(=O)NC(=S)Nc2cccc(-c3nc4cc(OC)ccc4o3)c2)c1. The van der Waals surface area contributed by atoms with Gasteiger partial charge in [-0.3, -0.25) is 10.1 Å². The van der Waals surface area contributed by atoms with Crippen LogP contribution in [0.15, 0.2) is 71.1 Å². The molecule has 0 radical (unpaired) electrons. The minimum atomic E-state index is -0.321. The summed E-state index contributed by atoms with van der Waals surface area (Å²) in [5, 5.41) is 5.91. The van der Waals surface area contributed by atoms with E-state index in [4.69, 9.17) is 26.1 Å². The van der Waals surface area contributed by atoms with Crippen LogP contribution in [-0.4, -0.2) is 29.7 Å². The number of carbonyl (C=O) groups is 1. The Morgan fingerprint density at radius 1 is 1.06 bits per heavy atom. The average molecular weight is 462 g/mol. The van der Waals surface area contributed by atoms with Crippen molar-refractivity contribution in [1.82, 2.24) is 10.3 Å². The molecule has 0 bridgehead atoms. The second-order valence-electron chi connectivity index (χ2n) is 7.22. The van der Waals surface area contributed by atoms with Gasteiger partial charge >= 0.3 is 0 Å². The fraction of sp³-hybridized carbons (Fsp3) is 0.160. The number of thiocarbonyl (C=S) groups is 1. The zero-order valence-corrected chi connectivity index (χ0v) is 19.1. The van der Waals surface area contributed by atoms with Gasteiger partial charge in [0.1, 0.15) is 17.0 Å². The number of nitrogens with one attached hydrogen (secondary N) is 2. The maximum atomic E-state index is 12.6. The number of amides is 1. The molecule has 8 heteroatoms. The molecule has 0 atom stereocenters. The summed E-state index contributed by atoms with van der Waals surface area (Å²) in [6.07, 6.45) is 0.890. The third kappa shape index (κ3) is 5.48. The Balaban J connectivity index is 1.44. The van der Waals surface area contributed by atoms with Gasteiger partial charge in [-0.1, -0.05) is 19.1 Å². The zero-order valence-electron chi connectivity index (χ0n) is 18.3. The Bertz CT molecular complexity index is 1300. The van der Waals surface area contributed by atoms with Gasteiger partial charge in [-0.25, -0.2) is 4.98 Å². The van der Waals surface area contributed by atoms with Crippen molar-refractivity contribution in [3.63, 3.8) is 0 Å². The van der Waals surface area contributed by atoms with Gasteiger partial charge in [0, 0.05) is 22.9 Å². The molecule has 0 saturated carbocycles. The third-order valence-electron chi connectivity index (χ3n) is 4.76. The van der Waals surface area contributed by atoms with Gasteiger partial charge in [0.05, 0.1) is 13.7 Å². The van der Waals surface area contributed by atoms with Gasteiger partial charge in [-0.05, 0) is 67.2 Å². The normalized spacial score (nSPS) is 10.6. The molecule has 4 rings (SSSR count). The third-order valence-corrected chi connectivity index (χ3v) is 4.96. The molecule has 0 saturated heterocycles. The van der Waals surface area contributed by atoms with Crippen molar-refractivity contribution in [1.29, 1.82) is 0 Å². The van der Waals surface area contributed by atoms with E-state index in [0.717, 1.165) is 12.0 Å². The number of ether oxygens (including phenoxy) is 2. The Hall–Kier alpha value is -3.91. The summed E-state index contributed by atoms with van der Waals surface area (Å²) in [5.74, 6) is 1.51. The van der Waals surface area contributed by atoms with Gasteiger partial charge in [-0.15, -0.1) is 0 Å². The van der Waals surface area contributed by atoms with Crippen molar-refractivity contribution in [3.05, 3.63) is 72.3 Å². The first-order chi connectivity index (χ1) is 16.1. The van der Waals surface area contributed by atoms with E-state index in [2.05, 4.69) is 15.6 Å². The van der Waals surface area contributed by atoms with Crippen LogP contribution in [0.4, 0.5) is 5.69 Å². The molecule has 0 aliphatic rings. The molecule has 1 heterocycles. The highest BCUT2D eigenvalue weighted by Gasteiger charge is 2.12. The van der Waals surface area contributed by atoms with Crippen molar-refractivity contribution in [2.45, 2.75) is 13.3 Å². The lowest BCUT2D eigenvalue weighted by Gasteiger charge is -2.11. The topological polar surface area (TPSA) is 85.6 Å². The fourth-order valence-corrected chi connectivity index (χ4v) is 3.38. The number of hydrogen-bond donors (Lipinski definition) is 2. The summed E-state index contributed by atoms with van der Waals surface area (Å²) < 4.78 is 16.7. The van der Waals surface area contributed by atoms with Crippen LogP contribution < -0.4 is 20.1 Å². The number of rotatable bonds is 7. The molecule has 0 unspecified atom stereocenters. The molecular weight excluding hydrogens is 438 g/mol. The number of benzene rings is 3. The number of oxazole rings is 1. The minimum absolute atomic E-state index is 0.180. The maximum absolute atomic E-state index is 12.6. The first kappa shape index (κ1) is 22.3. The van der Waals surface area contributed by atoms with Crippen LogP contribution in [0.5, 0.6) is 11.5 Å². The van der Waals surface area contributed by atoms with Crippen molar-refractivity contribution in [2.24, 2.45) is 0 Å². The molecule has 0 aliphatic heterocycles. The Kier molecular flexibility index (Phi) is 6.85. The molecule has 4 aromatic rings. The average Bonchev–Trinajstić information content (AvgIpc) is 3.26. The summed E-state index contributed by atoms with van der Waals surface area (Å²) in [7, 11) is 1.61. The van der Waals surface area contributed by atoms with E-state index in [9.17, 15) is 4.79 Å². The highest BCUT2D eigenvalue weighted by Crippen LogP contribution is 2.28. The van der Waals surface area contributed by atoms with E-state index in [1.165, 1.54) is 0 Å².